The van der Waals surface area contributed by atoms with Gasteiger partial charge in [0.2, 0.25) is 0 Å². The molecule has 2 unspecified atom stereocenters. The van der Waals surface area contributed by atoms with Crippen LogP contribution in [-0.4, -0.2) is 30.6 Å². The van der Waals surface area contributed by atoms with E-state index < -0.39 is 20.7 Å². The van der Waals surface area contributed by atoms with Gasteiger partial charge in [-0.3, -0.25) is 0 Å². The fraction of sp³-hybridized carbons (Fsp3) is 0.625. The molecule has 1 saturated carbocycles. The van der Waals surface area contributed by atoms with Crippen LogP contribution in [0.25, 0.3) is 0 Å². The molecule has 2 aliphatic carbocycles. The van der Waals surface area contributed by atoms with Gasteiger partial charge in [0.15, 0.2) is 9.84 Å². The maximum absolute atomic E-state index is 11.9. The number of hydrogen-bond donors (Lipinski definition) is 1. The highest BCUT2D eigenvalue weighted by atomic mass is 32.2. The van der Waals surface area contributed by atoms with Gasteiger partial charge in [-0.05, 0) is 55.2 Å². The summed E-state index contributed by atoms with van der Waals surface area (Å²) in [7, 11) is -3.19. The van der Waals surface area contributed by atoms with Gasteiger partial charge >= 0.3 is 0 Å². The van der Waals surface area contributed by atoms with Crippen LogP contribution in [0.2, 0.25) is 0 Å². The first-order valence-corrected chi connectivity index (χ1v) is 9.36. The third-order valence-corrected chi connectivity index (χ3v) is 6.57. The summed E-state index contributed by atoms with van der Waals surface area (Å²) in [6, 6.07) is 6.36. The van der Waals surface area contributed by atoms with E-state index in [1.165, 1.54) is 23.8 Å². The van der Waals surface area contributed by atoms with Gasteiger partial charge in [-0.1, -0.05) is 18.2 Å². The first kappa shape index (κ1) is 14.1. The molecule has 0 radical (unpaired) electrons. The molecule has 3 rings (SSSR count). The highest BCUT2D eigenvalue weighted by Crippen LogP contribution is 2.37. The summed E-state index contributed by atoms with van der Waals surface area (Å²) in [5.74, 6) is 0. The first-order chi connectivity index (χ1) is 9.38. The van der Waals surface area contributed by atoms with E-state index in [0.717, 1.165) is 24.8 Å². The predicted molar refractivity (Wildman–Crippen MR) is 79.6 cm³/mol. The highest BCUT2D eigenvalue weighted by Gasteiger charge is 2.46. The molecule has 1 aromatic rings. The van der Waals surface area contributed by atoms with E-state index in [2.05, 4.69) is 18.2 Å². The smallest absolute Gasteiger partial charge is 0.153 e. The predicted octanol–water partition coefficient (Wildman–Crippen LogP) is 2.05. The largest absolute Gasteiger partial charge is 0.388 e. The van der Waals surface area contributed by atoms with Gasteiger partial charge in [0.25, 0.3) is 0 Å². The molecule has 1 aromatic carbocycles. The fourth-order valence-corrected chi connectivity index (χ4v) is 5.52. The second-order valence-electron chi connectivity index (χ2n) is 6.45. The summed E-state index contributed by atoms with van der Waals surface area (Å²) in [4.78, 5) is 0. The monoisotopic (exact) mass is 294 g/mol. The molecule has 0 aliphatic heterocycles. The summed E-state index contributed by atoms with van der Waals surface area (Å²) < 4.78 is 23.7. The minimum Gasteiger partial charge on any atom is -0.388 e. The maximum Gasteiger partial charge on any atom is 0.153 e. The third kappa shape index (κ3) is 2.51. The van der Waals surface area contributed by atoms with Crippen LogP contribution < -0.4 is 0 Å². The average molecular weight is 294 g/mol. The fourth-order valence-electron chi connectivity index (χ4n) is 3.93. The summed E-state index contributed by atoms with van der Waals surface area (Å²) in [6.07, 6.45) is 7.12. The van der Waals surface area contributed by atoms with Crippen LogP contribution in [0.15, 0.2) is 18.2 Å². The van der Waals surface area contributed by atoms with Crippen LogP contribution in [0.1, 0.15) is 42.4 Å². The third-order valence-electron chi connectivity index (χ3n) is 4.87. The van der Waals surface area contributed by atoms with E-state index in [1.54, 1.807) is 0 Å². The van der Waals surface area contributed by atoms with Gasteiger partial charge < -0.3 is 5.11 Å². The van der Waals surface area contributed by atoms with E-state index in [4.69, 9.17) is 0 Å². The zero-order valence-electron chi connectivity index (χ0n) is 11.9. The molecular formula is C16H22O3S. The van der Waals surface area contributed by atoms with Crippen molar-refractivity contribution in [1.82, 2.24) is 0 Å². The Morgan fingerprint density at radius 3 is 2.75 bits per heavy atom. The molecule has 0 saturated heterocycles. The SMILES string of the molecule is CS(=O)(=O)C1CCCC1(O)Cc1ccc2c(c1)CCC2. The molecule has 1 fully saturated rings. The van der Waals surface area contributed by atoms with Crippen molar-refractivity contribution in [3.05, 3.63) is 34.9 Å². The second-order valence-corrected chi connectivity index (χ2v) is 8.68. The standard InChI is InChI=1S/C16H22O3S/c1-20(18,19)15-6-3-9-16(15,17)11-12-7-8-13-4-2-5-14(13)10-12/h7-8,10,15,17H,2-6,9,11H2,1H3. The van der Waals surface area contributed by atoms with E-state index in [1.807, 2.05) is 0 Å². The van der Waals surface area contributed by atoms with Gasteiger partial charge in [0.1, 0.15) is 0 Å². The number of hydrogen-bond acceptors (Lipinski definition) is 3. The van der Waals surface area contributed by atoms with Crippen LogP contribution in [0.5, 0.6) is 0 Å². The number of benzene rings is 1. The van der Waals surface area contributed by atoms with E-state index in [9.17, 15) is 13.5 Å². The Balaban J connectivity index is 1.86. The van der Waals surface area contributed by atoms with Crippen LogP contribution in [0.3, 0.4) is 0 Å². The molecule has 20 heavy (non-hydrogen) atoms. The van der Waals surface area contributed by atoms with E-state index in [0.29, 0.717) is 19.3 Å². The van der Waals surface area contributed by atoms with Crippen molar-refractivity contribution in [2.75, 3.05) is 6.26 Å². The summed E-state index contributed by atoms with van der Waals surface area (Å²) in [6.45, 7) is 0. The van der Waals surface area contributed by atoms with Gasteiger partial charge in [-0.25, -0.2) is 8.42 Å². The Morgan fingerprint density at radius 2 is 2.00 bits per heavy atom. The van der Waals surface area contributed by atoms with Crippen molar-refractivity contribution in [2.45, 2.75) is 55.8 Å². The van der Waals surface area contributed by atoms with Crippen LogP contribution >= 0.6 is 0 Å². The van der Waals surface area contributed by atoms with Crippen LogP contribution in [-0.2, 0) is 29.1 Å². The molecule has 0 spiro atoms. The normalized spacial score (nSPS) is 29.6. The topological polar surface area (TPSA) is 54.4 Å². The zero-order valence-corrected chi connectivity index (χ0v) is 12.7. The van der Waals surface area contributed by atoms with Crippen LogP contribution in [0, 0.1) is 0 Å². The van der Waals surface area contributed by atoms with Gasteiger partial charge in [0.05, 0.1) is 10.9 Å². The van der Waals surface area contributed by atoms with Crippen molar-refractivity contribution in [1.29, 1.82) is 0 Å². The molecule has 3 nitrogen and oxygen atoms in total. The van der Waals surface area contributed by atoms with Crippen molar-refractivity contribution < 1.29 is 13.5 Å². The number of sulfone groups is 1. The van der Waals surface area contributed by atoms with Crippen molar-refractivity contribution in [2.24, 2.45) is 0 Å². The molecule has 0 aromatic heterocycles. The lowest BCUT2D eigenvalue weighted by molar-refractivity contribution is 0.0512. The Kier molecular flexibility index (Phi) is 3.41. The molecule has 110 valence electrons. The molecular weight excluding hydrogens is 272 g/mol. The number of fused-ring (bicyclic) bond motifs is 1. The average Bonchev–Trinajstić information content (AvgIpc) is 2.94. The molecule has 0 heterocycles. The summed E-state index contributed by atoms with van der Waals surface area (Å²) >= 11 is 0. The molecule has 0 bridgehead atoms. The Morgan fingerprint density at radius 1 is 1.25 bits per heavy atom. The number of aryl methyl sites for hydroxylation is 2. The number of rotatable bonds is 3. The molecule has 4 heteroatoms. The van der Waals surface area contributed by atoms with E-state index >= 15 is 0 Å². The minimum atomic E-state index is -3.19. The van der Waals surface area contributed by atoms with E-state index in [-0.39, 0.29) is 0 Å². The Labute approximate surface area is 120 Å². The lowest BCUT2D eigenvalue weighted by atomic mass is 9.91. The maximum atomic E-state index is 11.9. The Hall–Kier alpha value is -0.870. The van der Waals surface area contributed by atoms with Crippen molar-refractivity contribution in [3.8, 4) is 0 Å². The summed E-state index contributed by atoms with van der Waals surface area (Å²) in [5.41, 5.74) is 2.77. The molecule has 1 N–H and O–H groups in total. The van der Waals surface area contributed by atoms with Gasteiger partial charge in [0, 0.05) is 12.7 Å². The van der Waals surface area contributed by atoms with Crippen LogP contribution in [0.4, 0.5) is 0 Å². The highest BCUT2D eigenvalue weighted by molar-refractivity contribution is 7.91. The lowest BCUT2D eigenvalue weighted by Crippen LogP contribution is -2.44. The zero-order chi connectivity index (χ0) is 14.4. The quantitative estimate of drug-likeness (QED) is 0.928. The second kappa shape index (κ2) is 4.85. The number of aliphatic hydroxyl groups is 1. The Bertz CT molecular complexity index is 621. The van der Waals surface area contributed by atoms with Crippen molar-refractivity contribution in [3.63, 3.8) is 0 Å². The van der Waals surface area contributed by atoms with Gasteiger partial charge in [-0.15, -0.1) is 0 Å². The molecule has 2 aliphatic rings. The minimum absolute atomic E-state index is 0.456. The molecule has 2 atom stereocenters. The lowest BCUT2D eigenvalue weighted by Gasteiger charge is -2.29. The summed E-state index contributed by atoms with van der Waals surface area (Å²) in [5, 5.41) is 10.2. The molecule has 0 amide bonds. The van der Waals surface area contributed by atoms with Crippen molar-refractivity contribution >= 4 is 9.84 Å². The van der Waals surface area contributed by atoms with Gasteiger partial charge in [-0.2, -0.15) is 0 Å². The first-order valence-electron chi connectivity index (χ1n) is 7.40.